The molecule has 72 heavy (non-hydrogen) atoms. The van der Waals surface area contributed by atoms with Crippen LogP contribution in [-0.2, 0) is 28.8 Å². The molecule has 0 aliphatic heterocycles. The SMILES string of the molecule is COc1ccc(NC(C)=O)cc1C(=O)NNC(=O)[C@H](CCCCN)NC(=O)CCCOc1ccc2ccc(OCCCC(=O)N[C@H](CCCCN)C(=O)NNC(=O)c3cc(NC(C)=O)ccc3OC)cc2c1. The Balaban J connectivity index is 1.23. The summed E-state index contributed by atoms with van der Waals surface area (Å²) in [6.07, 6.45) is 3.67. The summed E-state index contributed by atoms with van der Waals surface area (Å²) in [5, 5.41) is 12.4. The van der Waals surface area contributed by atoms with Crippen LogP contribution in [0.4, 0.5) is 11.4 Å². The van der Waals surface area contributed by atoms with Gasteiger partial charge in [0.2, 0.25) is 23.6 Å². The van der Waals surface area contributed by atoms with Crippen LogP contribution in [0.25, 0.3) is 10.8 Å². The summed E-state index contributed by atoms with van der Waals surface area (Å²) in [7, 11) is 2.76. The van der Waals surface area contributed by atoms with Gasteiger partial charge in [0.1, 0.15) is 35.1 Å². The van der Waals surface area contributed by atoms with Crippen LogP contribution in [0, 0.1) is 0 Å². The maximum atomic E-state index is 13.2. The van der Waals surface area contributed by atoms with E-state index in [1.165, 1.54) is 52.3 Å². The van der Waals surface area contributed by atoms with Crippen LogP contribution in [0.2, 0.25) is 0 Å². The number of hydrogen-bond donors (Lipinski definition) is 10. The lowest BCUT2D eigenvalue weighted by Gasteiger charge is -2.19. The summed E-state index contributed by atoms with van der Waals surface area (Å²) in [6, 6.07) is 18.1. The zero-order valence-corrected chi connectivity index (χ0v) is 41.0. The molecule has 388 valence electrons. The van der Waals surface area contributed by atoms with E-state index in [0.717, 1.165) is 10.8 Å². The minimum Gasteiger partial charge on any atom is -0.496 e. The zero-order chi connectivity index (χ0) is 52.4. The van der Waals surface area contributed by atoms with Crippen molar-refractivity contribution in [3.05, 3.63) is 83.9 Å². The van der Waals surface area contributed by atoms with Crippen LogP contribution in [0.1, 0.15) is 98.8 Å². The fourth-order valence-corrected chi connectivity index (χ4v) is 7.16. The van der Waals surface area contributed by atoms with Gasteiger partial charge in [0.15, 0.2) is 0 Å². The highest BCUT2D eigenvalue weighted by molar-refractivity contribution is 6.01. The molecule has 22 nitrogen and oxygen atoms in total. The molecule has 8 amide bonds. The Morgan fingerprint density at radius 1 is 0.500 bits per heavy atom. The van der Waals surface area contributed by atoms with Gasteiger partial charge in [-0.15, -0.1) is 0 Å². The molecule has 0 saturated heterocycles. The number of anilines is 2. The predicted octanol–water partition coefficient (Wildman–Crippen LogP) is 3.24. The van der Waals surface area contributed by atoms with Gasteiger partial charge in [-0.25, -0.2) is 0 Å². The Bertz CT molecular complexity index is 2360. The fraction of sp³-hybridized carbons (Fsp3) is 0.400. The highest BCUT2D eigenvalue weighted by Gasteiger charge is 2.24. The number of methoxy groups -OCH3 is 2. The smallest absolute Gasteiger partial charge is 0.273 e. The molecular formula is C50H66N10O12. The molecule has 4 aromatic rings. The van der Waals surface area contributed by atoms with E-state index in [4.69, 9.17) is 30.4 Å². The number of carbonyl (C=O) groups excluding carboxylic acids is 8. The lowest BCUT2D eigenvalue weighted by molar-refractivity contribution is -0.129. The van der Waals surface area contributed by atoms with E-state index in [-0.39, 0.29) is 85.2 Å². The molecule has 0 unspecified atom stereocenters. The number of hydrogen-bond acceptors (Lipinski definition) is 14. The molecule has 2 atom stereocenters. The van der Waals surface area contributed by atoms with E-state index in [1.54, 1.807) is 12.1 Å². The third-order valence-corrected chi connectivity index (χ3v) is 10.7. The van der Waals surface area contributed by atoms with Crippen molar-refractivity contribution in [2.75, 3.05) is 51.2 Å². The van der Waals surface area contributed by atoms with Crippen molar-refractivity contribution >= 4 is 69.4 Å². The Labute approximate surface area is 417 Å². The molecule has 4 aromatic carbocycles. The van der Waals surface area contributed by atoms with Crippen molar-refractivity contribution in [1.82, 2.24) is 32.3 Å². The van der Waals surface area contributed by atoms with Crippen molar-refractivity contribution in [1.29, 1.82) is 0 Å². The van der Waals surface area contributed by atoms with E-state index in [0.29, 0.717) is 74.5 Å². The number of unbranched alkanes of at least 4 members (excludes halogenated alkanes) is 2. The highest BCUT2D eigenvalue weighted by Crippen LogP contribution is 2.27. The average molecular weight is 999 g/mol. The number of nitrogens with one attached hydrogen (secondary N) is 8. The van der Waals surface area contributed by atoms with Crippen LogP contribution in [0.5, 0.6) is 23.0 Å². The standard InChI is InChI=1S/C50H66N10O12/c1-31(61)53-35-17-21-43(69-3)39(29-35)47(65)57-59-49(67)41(11-5-7-23-51)55-45(63)13-9-25-71-37-19-15-33-16-20-38(28-34(33)27-37)72-26-10-14-46(64)56-42(12-6-8-24-52)50(68)60-58-48(66)40-30-36(54-32(2)62)18-22-44(40)70-4/h15-22,27-30,41-42H,5-14,23-26,51-52H2,1-4H3,(H,53,61)(H,54,62)(H,55,63)(H,56,64)(H,57,65)(H,58,66)(H,59,67)(H,60,68)/t41-,42+. The molecule has 0 radical (unpaired) electrons. The Morgan fingerprint density at radius 3 is 1.29 bits per heavy atom. The van der Waals surface area contributed by atoms with Gasteiger partial charge in [-0.2, -0.15) is 0 Å². The van der Waals surface area contributed by atoms with Gasteiger partial charge >= 0.3 is 0 Å². The summed E-state index contributed by atoms with van der Waals surface area (Å²) in [4.78, 5) is 101. The fourth-order valence-electron chi connectivity index (χ4n) is 7.16. The molecule has 0 fully saturated rings. The first-order chi connectivity index (χ1) is 34.6. The topological polar surface area (TPSA) is 322 Å². The number of hydrazine groups is 2. The molecule has 0 saturated carbocycles. The van der Waals surface area contributed by atoms with Crippen molar-refractivity contribution in [3.8, 4) is 23.0 Å². The molecule has 12 N–H and O–H groups in total. The molecule has 0 aliphatic rings. The maximum Gasteiger partial charge on any atom is 0.273 e. The minimum atomic E-state index is -0.960. The van der Waals surface area contributed by atoms with E-state index < -0.39 is 35.7 Å². The third-order valence-electron chi connectivity index (χ3n) is 10.7. The van der Waals surface area contributed by atoms with Gasteiger partial charge in [0.05, 0.1) is 38.6 Å². The largest absolute Gasteiger partial charge is 0.496 e. The molecule has 22 heteroatoms. The number of fused-ring (bicyclic) bond motifs is 1. The lowest BCUT2D eigenvalue weighted by Crippen LogP contribution is -2.52. The highest BCUT2D eigenvalue weighted by atomic mass is 16.5. The van der Waals surface area contributed by atoms with Crippen molar-refractivity contribution in [2.45, 2.75) is 90.1 Å². The summed E-state index contributed by atoms with van der Waals surface area (Å²) >= 11 is 0. The van der Waals surface area contributed by atoms with Gasteiger partial charge in [-0.05, 0) is 136 Å². The van der Waals surface area contributed by atoms with Gasteiger partial charge < -0.3 is 51.7 Å². The van der Waals surface area contributed by atoms with E-state index in [1.807, 2.05) is 36.4 Å². The maximum absolute atomic E-state index is 13.2. The number of carbonyl (C=O) groups is 8. The normalized spacial score (nSPS) is 11.5. The number of ether oxygens (including phenoxy) is 4. The van der Waals surface area contributed by atoms with Crippen LogP contribution in [0.3, 0.4) is 0 Å². The number of amides is 8. The Hall–Kier alpha value is -7.98. The first-order valence-electron chi connectivity index (χ1n) is 23.5. The Kier molecular flexibility index (Phi) is 23.5. The van der Waals surface area contributed by atoms with E-state index in [2.05, 4.69) is 43.0 Å². The van der Waals surface area contributed by atoms with Gasteiger partial charge in [0.25, 0.3) is 23.6 Å². The van der Waals surface area contributed by atoms with Gasteiger partial charge in [0, 0.05) is 38.1 Å². The second kappa shape index (κ2) is 29.9. The molecule has 0 aliphatic carbocycles. The number of rotatable bonds is 28. The Morgan fingerprint density at radius 2 is 0.917 bits per heavy atom. The summed E-state index contributed by atoms with van der Waals surface area (Å²) in [5.74, 6) is -2.55. The van der Waals surface area contributed by atoms with Crippen LogP contribution in [0.15, 0.2) is 72.8 Å². The van der Waals surface area contributed by atoms with Crippen LogP contribution >= 0.6 is 0 Å². The predicted molar refractivity (Wildman–Crippen MR) is 269 cm³/mol. The van der Waals surface area contributed by atoms with E-state index in [9.17, 15) is 38.4 Å². The summed E-state index contributed by atoms with van der Waals surface area (Å²) < 4.78 is 22.4. The molecular weight excluding hydrogens is 933 g/mol. The van der Waals surface area contributed by atoms with Crippen LogP contribution in [-0.4, -0.2) is 99.9 Å². The quantitative estimate of drug-likeness (QED) is 0.0289. The van der Waals surface area contributed by atoms with Crippen molar-refractivity contribution in [3.63, 3.8) is 0 Å². The lowest BCUT2D eigenvalue weighted by atomic mass is 10.1. The van der Waals surface area contributed by atoms with Gasteiger partial charge in [-0.3, -0.25) is 60.1 Å². The molecule has 4 rings (SSSR count). The van der Waals surface area contributed by atoms with Crippen LogP contribution < -0.4 is 73.4 Å². The molecule has 0 heterocycles. The summed E-state index contributed by atoms with van der Waals surface area (Å²) in [6.45, 7) is 3.86. The van der Waals surface area contributed by atoms with Gasteiger partial charge in [-0.1, -0.05) is 12.1 Å². The molecule has 0 spiro atoms. The summed E-state index contributed by atoms with van der Waals surface area (Å²) in [5.41, 5.74) is 21.6. The van der Waals surface area contributed by atoms with Crippen molar-refractivity contribution < 1.29 is 57.3 Å². The second-order valence-electron chi connectivity index (χ2n) is 16.5. The molecule has 0 bridgehead atoms. The third kappa shape index (κ3) is 19.1. The monoisotopic (exact) mass is 998 g/mol. The van der Waals surface area contributed by atoms with Crippen molar-refractivity contribution in [2.24, 2.45) is 11.5 Å². The zero-order valence-electron chi connectivity index (χ0n) is 41.0. The first kappa shape index (κ1) is 56.6. The second-order valence-corrected chi connectivity index (χ2v) is 16.5. The molecule has 0 aromatic heterocycles. The van der Waals surface area contributed by atoms with E-state index >= 15 is 0 Å². The number of benzene rings is 4. The first-order valence-corrected chi connectivity index (χ1v) is 23.5. The minimum absolute atomic E-state index is 0.0541. The number of nitrogens with two attached hydrogens (primary N) is 2. The average Bonchev–Trinajstić information content (AvgIpc) is 3.36.